The molecule has 1 amide bonds. The molecule has 1 aromatic rings. The summed E-state index contributed by atoms with van der Waals surface area (Å²) in [4.78, 5) is 18.0. The highest BCUT2D eigenvalue weighted by atomic mass is 79.9. The zero-order valence-electron chi connectivity index (χ0n) is 10.7. The van der Waals surface area contributed by atoms with Gasteiger partial charge in [-0.3, -0.25) is 9.78 Å². The average Bonchev–Trinajstić information content (AvgIpc) is 2.36. The lowest BCUT2D eigenvalue weighted by molar-refractivity contribution is 0.0692. The third-order valence-electron chi connectivity index (χ3n) is 3.62. The molecule has 0 aromatic carbocycles. The lowest BCUT2D eigenvalue weighted by atomic mass is 10.1. The molecule has 0 saturated carbocycles. The Morgan fingerprint density at radius 3 is 2.79 bits per heavy atom. The smallest absolute Gasteiger partial charge is 0.255 e. The van der Waals surface area contributed by atoms with Gasteiger partial charge in [-0.1, -0.05) is 0 Å². The van der Waals surface area contributed by atoms with E-state index in [0.717, 1.165) is 0 Å². The summed E-state index contributed by atoms with van der Waals surface area (Å²) in [5.41, 5.74) is 0.508. The number of pyridine rings is 1. The summed E-state index contributed by atoms with van der Waals surface area (Å²) in [5, 5.41) is -0.536. The van der Waals surface area contributed by atoms with E-state index >= 15 is 0 Å². The fraction of sp³-hybridized carbons (Fsp3) is 0.500. The van der Waals surface area contributed by atoms with Gasteiger partial charge in [0, 0.05) is 29.5 Å². The summed E-state index contributed by atoms with van der Waals surface area (Å²) in [5.74, 6) is -0.143. The zero-order chi connectivity index (χ0) is 14.2. The molecule has 19 heavy (non-hydrogen) atoms. The summed E-state index contributed by atoms with van der Waals surface area (Å²) in [6.07, 6.45) is 3.11. The minimum absolute atomic E-state index is 0.0208. The fourth-order valence-electron chi connectivity index (χ4n) is 2.16. The van der Waals surface area contributed by atoms with Gasteiger partial charge in [0.05, 0.1) is 16.6 Å². The Kier molecular flexibility index (Phi) is 3.96. The van der Waals surface area contributed by atoms with Gasteiger partial charge in [0.2, 0.25) is 0 Å². The Labute approximate surface area is 121 Å². The monoisotopic (exact) mass is 346 g/mol. The third kappa shape index (κ3) is 2.67. The molecule has 5 nitrogen and oxygen atoms in total. The van der Waals surface area contributed by atoms with Crippen LogP contribution in [0.1, 0.15) is 24.2 Å². The lowest BCUT2D eigenvalue weighted by Gasteiger charge is -2.37. The number of rotatable bonds is 1. The third-order valence-corrected chi connectivity index (χ3v) is 6.53. The highest BCUT2D eigenvalue weighted by Gasteiger charge is 2.38. The molecule has 1 fully saturated rings. The molecule has 1 aliphatic rings. The number of sulfone groups is 1. The highest BCUT2D eigenvalue weighted by molar-refractivity contribution is 9.10. The maximum absolute atomic E-state index is 12.5. The number of hydrogen-bond donors (Lipinski definition) is 0. The predicted octanol–water partition coefficient (Wildman–Crippen LogP) is 1.49. The van der Waals surface area contributed by atoms with Crippen LogP contribution in [0.2, 0.25) is 0 Å². The summed E-state index contributed by atoms with van der Waals surface area (Å²) in [7, 11) is -3.09. The molecule has 0 radical (unpaired) electrons. The van der Waals surface area contributed by atoms with Crippen molar-refractivity contribution < 1.29 is 13.2 Å². The van der Waals surface area contributed by atoms with Crippen molar-refractivity contribution in [2.45, 2.75) is 25.1 Å². The maximum atomic E-state index is 12.5. The van der Waals surface area contributed by atoms with E-state index in [2.05, 4.69) is 20.9 Å². The second kappa shape index (κ2) is 5.20. The molecular weight excluding hydrogens is 332 g/mol. The topological polar surface area (TPSA) is 67.3 Å². The average molecular weight is 347 g/mol. The maximum Gasteiger partial charge on any atom is 0.255 e. The first-order chi connectivity index (χ1) is 8.84. The van der Waals surface area contributed by atoms with Crippen LogP contribution < -0.4 is 0 Å². The van der Waals surface area contributed by atoms with E-state index in [1.54, 1.807) is 37.2 Å². The molecule has 0 unspecified atom stereocenters. The second-order valence-corrected chi connectivity index (χ2v) is 8.00. The number of carbonyl (C=O) groups is 1. The van der Waals surface area contributed by atoms with Crippen LogP contribution in [0.4, 0.5) is 0 Å². The van der Waals surface area contributed by atoms with Crippen molar-refractivity contribution in [3.63, 3.8) is 0 Å². The number of halogens is 1. The van der Waals surface area contributed by atoms with E-state index in [9.17, 15) is 13.2 Å². The zero-order valence-corrected chi connectivity index (χ0v) is 13.1. The van der Waals surface area contributed by atoms with Crippen molar-refractivity contribution in [1.29, 1.82) is 0 Å². The number of carbonyl (C=O) groups excluding carboxylic acids is 1. The lowest BCUT2D eigenvalue weighted by Crippen LogP contribution is -2.54. The molecule has 1 aliphatic heterocycles. The highest BCUT2D eigenvalue weighted by Crippen LogP contribution is 2.24. The molecule has 1 saturated heterocycles. The van der Waals surface area contributed by atoms with Gasteiger partial charge >= 0.3 is 0 Å². The number of amides is 1. The standard InChI is InChI=1S/C12H15BrN2O3S/c1-8-9(2)19(17,18)6-5-15(8)12(16)10-3-4-14-7-11(10)13/h3-4,7-9H,5-6H2,1-2H3/t8-,9+/m1/s1. The van der Waals surface area contributed by atoms with Crippen molar-refractivity contribution >= 4 is 31.7 Å². The van der Waals surface area contributed by atoms with E-state index < -0.39 is 15.1 Å². The largest absolute Gasteiger partial charge is 0.334 e. The second-order valence-electron chi connectivity index (χ2n) is 4.67. The van der Waals surface area contributed by atoms with Crippen molar-refractivity contribution in [3.8, 4) is 0 Å². The van der Waals surface area contributed by atoms with Crippen molar-refractivity contribution in [3.05, 3.63) is 28.5 Å². The molecule has 2 rings (SSSR count). The van der Waals surface area contributed by atoms with E-state index in [4.69, 9.17) is 0 Å². The van der Waals surface area contributed by atoms with E-state index in [1.807, 2.05) is 0 Å². The van der Waals surface area contributed by atoms with Crippen LogP contribution in [0.3, 0.4) is 0 Å². The summed E-state index contributed by atoms with van der Waals surface area (Å²) < 4.78 is 24.2. The van der Waals surface area contributed by atoms with Crippen LogP contribution in [0.25, 0.3) is 0 Å². The van der Waals surface area contributed by atoms with Gasteiger partial charge < -0.3 is 4.90 Å². The van der Waals surface area contributed by atoms with Gasteiger partial charge in [-0.05, 0) is 35.8 Å². The summed E-state index contributed by atoms with van der Waals surface area (Å²) in [6.45, 7) is 3.66. The minimum Gasteiger partial charge on any atom is -0.334 e. The molecule has 2 heterocycles. The normalized spacial score (nSPS) is 26.2. The van der Waals surface area contributed by atoms with Crippen molar-refractivity contribution in [2.24, 2.45) is 0 Å². The van der Waals surface area contributed by atoms with Crippen LogP contribution in [0.15, 0.2) is 22.9 Å². The van der Waals surface area contributed by atoms with Gasteiger partial charge in [0.1, 0.15) is 0 Å². The molecule has 1 aromatic heterocycles. The molecular formula is C12H15BrN2O3S. The Morgan fingerprint density at radius 1 is 1.47 bits per heavy atom. The first-order valence-electron chi connectivity index (χ1n) is 5.96. The van der Waals surface area contributed by atoms with Gasteiger partial charge in [-0.25, -0.2) is 8.42 Å². The van der Waals surface area contributed by atoms with Crippen LogP contribution in [-0.4, -0.2) is 47.8 Å². The van der Waals surface area contributed by atoms with Crippen LogP contribution in [-0.2, 0) is 9.84 Å². The summed E-state index contributed by atoms with van der Waals surface area (Å²) >= 11 is 3.29. The molecule has 0 bridgehead atoms. The van der Waals surface area contributed by atoms with E-state index in [1.165, 1.54) is 0 Å². The number of hydrogen-bond acceptors (Lipinski definition) is 4. The quantitative estimate of drug-likeness (QED) is 0.772. The first kappa shape index (κ1) is 14.5. The summed E-state index contributed by atoms with van der Waals surface area (Å²) in [6, 6.07) is 1.30. The van der Waals surface area contributed by atoms with Gasteiger partial charge in [-0.2, -0.15) is 0 Å². The van der Waals surface area contributed by atoms with Crippen LogP contribution >= 0.6 is 15.9 Å². The van der Waals surface area contributed by atoms with Crippen LogP contribution in [0, 0.1) is 0 Å². The fourth-order valence-corrected chi connectivity index (χ4v) is 4.15. The Morgan fingerprint density at radius 2 is 2.16 bits per heavy atom. The molecule has 7 heteroatoms. The molecule has 104 valence electrons. The van der Waals surface area contributed by atoms with Gasteiger partial charge in [0.15, 0.2) is 9.84 Å². The Bertz CT molecular complexity index is 603. The van der Waals surface area contributed by atoms with Gasteiger partial charge in [-0.15, -0.1) is 0 Å². The number of aromatic nitrogens is 1. The number of nitrogens with zero attached hydrogens (tertiary/aromatic N) is 2. The minimum atomic E-state index is -3.09. The first-order valence-corrected chi connectivity index (χ1v) is 8.47. The van der Waals surface area contributed by atoms with E-state index in [0.29, 0.717) is 10.0 Å². The van der Waals surface area contributed by atoms with E-state index in [-0.39, 0.29) is 24.2 Å². The Balaban J connectivity index is 2.29. The van der Waals surface area contributed by atoms with Crippen molar-refractivity contribution in [2.75, 3.05) is 12.3 Å². The molecule has 0 N–H and O–H groups in total. The predicted molar refractivity (Wildman–Crippen MR) is 75.7 cm³/mol. The SMILES string of the molecule is C[C@@H]1[C@H](C)S(=O)(=O)CCN1C(=O)c1ccncc1Br. The Hall–Kier alpha value is -0.950. The molecule has 2 atom stereocenters. The molecule has 0 spiro atoms. The van der Waals surface area contributed by atoms with Crippen LogP contribution in [0.5, 0.6) is 0 Å². The molecule has 0 aliphatic carbocycles. The van der Waals surface area contributed by atoms with Gasteiger partial charge in [0.25, 0.3) is 5.91 Å². The van der Waals surface area contributed by atoms with Crippen molar-refractivity contribution in [1.82, 2.24) is 9.88 Å².